The van der Waals surface area contributed by atoms with Crippen LogP contribution in [-0.2, 0) is 10.0 Å². The minimum Gasteiger partial charge on any atom is -0.423 e. The van der Waals surface area contributed by atoms with Crippen LogP contribution >= 0.6 is 0 Å². The third kappa shape index (κ3) is 5.06. The van der Waals surface area contributed by atoms with Crippen molar-refractivity contribution in [2.24, 2.45) is 5.10 Å². The summed E-state index contributed by atoms with van der Waals surface area (Å²) in [6, 6.07) is 19.3. The molecule has 30 heavy (non-hydrogen) atoms. The molecular formula is C20H15N3O6S. The smallest absolute Gasteiger partial charge is 0.350 e. The Morgan fingerprint density at radius 2 is 1.60 bits per heavy atom. The summed E-state index contributed by atoms with van der Waals surface area (Å²) in [6.45, 7) is 0. The van der Waals surface area contributed by atoms with Gasteiger partial charge in [0.2, 0.25) is 0 Å². The highest BCUT2D eigenvalue weighted by Gasteiger charge is 2.21. The van der Waals surface area contributed by atoms with Gasteiger partial charge in [0.15, 0.2) is 0 Å². The second-order valence-electron chi connectivity index (χ2n) is 5.90. The molecule has 1 N–H and O–H groups in total. The zero-order valence-corrected chi connectivity index (χ0v) is 16.2. The number of hydrazone groups is 1. The third-order valence-electron chi connectivity index (χ3n) is 3.85. The van der Waals surface area contributed by atoms with Gasteiger partial charge in [-0.05, 0) is 48.0 Å². The number of nitrogens with zero attached hydrogens (tertiary/aromatic N) is 2. The molecule has 0 amide bonds. The minimum atomic E-state index is -3.77. The molecule has 0 unspecified atom stereocenters. The van der Waals surface area contributed by atoms with Crippen LogP contribution in [0.4, 0.5) is 5.69 Å². The molecule has 0 fully saturated rings. The number of esters is 1. The predicted octanol–water partition coefficient (Wildman–Crippen LogP) is 3.13. The molecule has 0 saturated heterocycles. The van der Waals surface area contributed by atoms with Crippen molar-refractivity contribution in [3.05, 3.63) is 100 Å². The topological polar surface area (TPSA) is 128 Å². The molecule has 0 aliphatic heterocycles. The quantitative estimate of drug-likeness (QED) is 0.204. The van der Waals surface area contributed by atoms with E-state index in [2.05, 4.69) is 9.93 Å². The first-order chi connectivity index (χ1) is 14.4. The van der Waals surface area contributed by atoms with Crippen LogP contribution in [0.3, 0.4) is 0 Å². The lowest BCUT2D eigenvalue weighted by atomic mass is 10.2. The maximum absolute atomic E-state index is 12.2. The number of hydrogen-bond acceptors (Lipinski definition) is 7. The van der Waals surface area contributed by atoms with E-state index in [1.165, 1.54) is 54.7 Å². The highest BCUT2D eigenvalue weighted by molar-refractivity contribution is 7.89. The van der Waals surface area contributed by atoms with Crippen molar-refractivity contribution in [3.63, 3.8) is 0 Å². The third-order valence-corrected chi connectivity index (χ3v) is 5.09. The first-order valence-corrected chi connectivity index (χ1v) is 10.0. The zero-order valence-electron chi connectivity index (χ0n) is 15.3. The highest BCUT2D eigenvalue weighted by Crippen LogP contribution is 2.20. The van der Waals surface area contributed by atoms with Gasteiger partial charge in [-0.3, -0.25) is 10.1 Å². The molecule has 3 rings (SSSR count). The van der Waals surface area contributed by atoms with Gasteiger partial charge in [0, 0.05) is 6.07 Å². The van der Waals surface area contributed by atoms with Crippen LogP contribution in [0.2, 0.25) is 0 Å². The van der Waals surface area contributed by atoms with Crippen molar-refractivity contribution >= 4 is 27.9 Å². The maximum atomic E-state index is 12.2. The number of ether oxygens (including phenoxy) is 1. The number of sulfonamides is 1. The molecule has 0 radical (unpaired) electrons. The second kappa shape index (κ2) is 8.97. The molecular weight excluding hydrogens is 410 g/mol. The molecule has 0 bridgehead atoms. The Bertz CT molecular complexity index is 1190. The van der Waals surface area contributed by atoms with Crippen LogP contribution < -0.4 is 9.57 Å². The Morgan fingerprint density at radius 1 is 0.967 bits per heavy atom. The van der Waals surface area contributed by atoms with E-state index in [0.29, 0.717) is 5.56 Å². The molecule has 10 heteroatoms. The van der Waals surface area contributed by atoms with E-state index in [1.807, 2.05) is 0 Å². The van der Waals surface area contributed by atoms with Gasteiger partial charge in [0.1, 0.15) is 11.3 Å². The number of para-hydroxylation sites is 1. The Kier molecular flexibility index (Phi) is 6.18. The molecule has 3 aromatic carbocycles. The Labute approximate surface area is 171 Å². The van der Waals surface area contributed by atoms with Gasteiger partial charge in [0.05, 0.1) is 16.0 Å². The van der Waals surface area contributed by atoms with Crippen molar-refractivity contribution in [3.8, 4) is 5.75 Å². The first kappa shape index (κ1) is 20.7. The lowest BCUT2D eigenvalue weighted by Crippen LogP contribution is -2.18. The average Bonchev–Trinajstić information content (AvgIpc) is 2.75. The summed E-state index contributed by atoms with van der Waals surface area (Å²) in [5.74, 6) is -0.695. The fourth-order valence-corrected chi connectivity index (χ4v) is 3.22. The minimum absolute atomic E-state index is 0.0828. The molecule has 0 aromatic heterocycles. The van der Waals surface area contributed by atoms with Gasteiger partial charge >= 0.3 is 5.97 Å². The van der Waals surface area contributed by atoms with Gasteiger partial charge < -0.3 is 4.74 Å². The lowest BCUT2D eigenvalue weighted by Gasteiger charge is -2.05. The number of nitrogens with one attached hydrogen (secondary N) is 1. The number of rotatable bonds is 7. The number of benzene rings is 3. The molecule has 152 valence electrons. The molecule has 3 aromatic rings. The first-order valence-electron chi connectivity index (χ1n) is 8.52. The van der Waals surface area contributed by atoms with Gasteiger partial charge in [-0.25, -0.2) is 9.63 Å². The Morgan fingerprint density at radius 3 is 2.27 bits per heavy atom. The van der Waals surface area contributed by atoms with Crippen LogP contribution in [0.5, 0.6) is 5.75 Å². The maximum Gasteiger partial charge on any atom is 0.350 e. The summed E-state index contributed by atoms with van der Waals surface area (Å²) in [7, 11) is -3.77. The predicted molar refractivity (Wildman–Crippen MR) is 109 cm³/mol. The number of carbonyl (C=O) groups is 1. The van der Waals surface area contributed by atoms with Gasteiger partial charge in [-0.1, -0.05) is 30.3 Å². The fraction of sp³-hybridized carbons (Fsp3) is 0. The van der Waals surface area contributed by atoms with Crippen molar-refractivity contribution < 1.29 is 22.9 Å². The standard InChI is InChI=1S/C20H15N3O6S/c24-20(18-8-4-5-9-19(18)23(25)26)29-16-12-10-15(11-13-16)14-21-22-30(27,28)17-6-2-1-3-7-17/h1-14,22H/b21-14+. The van der Waals surface area contributed by atoms with Gasteiger partial charge in [0.25, 0.3) is 15.7 Å². The van der Waals surface area contributed by atoms with E-state index in [9.17, 15) is 23.3 Å². The monoisotopic (exact) mass is 425 g/mol. The van der Waals surface area contributed by atoms with Gasteiger partial charge in [-0.15, -0.1) is 0 Å². The van der Waals surface area contributed by atoms with Gasteiger partial charge in [-0.2, -0.15) is 13.5 Å². The van der Waals surface area contributed by atoms with E-state index in [4.69, 9.17) is 4.74 Å². The van der Waals surface area contributed by atoms with Crippen LogP contribution in [-0.4, -0.2) is 25.5 Å². The molecule has 0 spiro atoms. The number of nitro benzene ring substituents is 1. The molecule has 0 saturated carbocycles. The van der Waals surface area contributed by atoms with Crippen LogP contribution in [0.1, 0.15) is 15.9 Å². The van der Waals surface area contributed by atoms with E-state index in [0.717, 1.165) is 0 Å². The van der Waals surface area contributed by atoms with Crippen molar-refractivity contribution in [2.45, 2.75) is 4.90 Å². The summed E-state index contributed by atoms with van der Waals surface area (Å²) < 4.78 is 29.3. The molecule has 0 atom stereocenters. The summed E-state index contributed by atoms with van der Waals surface area (Å²) in [4.78, 5) is 24.8. The number of carbonyl (C=O) groups excluding carboxylic acids is 1. The molecule has 0 heterocycles. The molecule has 9 nitrogen and oxygen atoms in total. The van der Waals surface area contributed by atoms with E-state index < -0.39 is 20.9 Å². The number of nitro groups is 1. The molecule has 0 aliphatic rings. The average molecular weight is 425 g/mol. The van der Waals surface area contributed by atoms with E-state index in [1.54, 1.807) is 30.3 Å². The van der Waals surface area contributed by atoms with Crippen LogP contribution in [0.15, 0.2) is 88.9 Å². The highest BCUT2D eigenvalue weighted by atomic mass is 32.2. The van der Waals surface area contributed by atoms with E-state index >= 15 is 0 Å². The van der Waals surface area contributed by atoms with E-state index in [-0.39, 0.29) is 21.9 Å². The van der Waals surface area contributed by atoms with Crippen molar-refractivity contribution in [1.29, 1.82) is 0 Å². The SMILES string of the molecule is O=C(Oc1ccc(/C=N/NS(=O)(=O)c2ccccc2)cc1)c1ccccc1[N+](=O)[O-]. The van der Waals surface area contributed by atoms with Crippen molar-refractivity contribution in [1.82, 2.24) is 4.83 Å². The second-order valence-corrected chi connectivity index (χ2v) is 7.56. The van der Waals surface area contributed by atoms with Crippen LogP contribution in [0.25, 0.3) is 0 Å². The van der Waals surface area contributed by atoms with Crippen LogP contribution in [0, 0.1) is 10.1 Å². The number of hydrogen-bond donors (Lipinski definition) is 1. The fourth-order valence-electron chi connectivity index (χ4n) is 2.41. The van der Waals surface area contributed by atoms with Crippen molar-refractivity contribution in [2.75, 3.05) is 0 Å². The summed E-state index contributed by atoms with van der Waals surface area (Å²) >= 11 is 0. The lowest BCUT2D eigenvalue weighted by molar-refractivity contribution is -0.385. The zero-order chi connectivity index (χ0) is 21.6. The summed E-state index contributed by atoms with van der Waals surface area (Å²) in [5, 5.41) is 14.7. The summed E-state index contributed by atoms with van der Waals surface area (Å²) in [6.07, 6.45) is 1.29. The Hall–Kier alpha value is -4.05. The molecule has 0 aliphatic carbocycles. The Balaban J connectivity index is 1.65. The summed E-state index contributed by atoms with van der Waals surface area (Å²) in [5.41, 5.74) is 0.0247. The largest absolute Gasteiger partial charge is 0.423 e. The normalized spacial score (nSPS) is 11.2.